The van der Waals surface area contributed by atoms with E-state index in [1.807, 2.05) is 6.92 Å². The molecule has 24 heavy (non-hydrogen) atoms. The summed E-state index contributed by atoms with van der Waals surface area (Å²) in [5.74, 6) is 0.405. The number of aryl methyl sites for hydroxylation is 1. The van der Waals surface area contributed by atoms with E-state index in [2.05, 4.69) is 5.32 Å². The van der Waals surface area contributed by atoms with Gasteiger partial charge in [0.1, 0.15) is 18.0 Å². The molecule has 0 atom stereocenters. The van der Waals surface area contributed by atoms with Gasteiger partial charge in [-0.05, 0) is 49.7 Å². The predicted molar refractivity (Wildman–Crippen MR) is 90.1 cm³/mol. The van der Waals surface area contributed by atoms with E-state index >= 15 is 0 Å². The topological polar surface area (TPSA) is 102 Å². The highest BCUT2D eigenvalue weighted by atomic mass is 16.6. The lowest BCUT2D eigenvalue weighted by molar-refractivity contribution is -0.383. The molecular weight excluding hydrogens is 312 g/mol. The van der Waals surface area contributed by atoms with E-state index in [1.165, 1.54) is 19.1 Å². The van der Waals surface area contributed by atoms with E-state index in [1.54, 1.807) is 24.3 Å². The minimum Gasteiger partial charge on any atom is -0.491 e. The van der Waals surface area contributed by atoms with E-state index in [0.717, 1.165) is 5.56 Å². The summed E-state index contributed by atoms with van der Waals surface area (Å²) in [5, 5.41) is 23.0. The van der Waals surface area contributed by atoms with Crippen molar-refractivity contribution in [3.05, 3.63) is 57.6 Å². The van der Waals surface area contributed by atoms with Crippen molar-refractivity contribution in [2.45, 2.75) is 13.8 Å². The fraction of sp³-hybridized carbons (Fsp3) is 0.235. The van der Waals surface area contributed by atoms with E-state index in [4.69, 9.17) is 9.84 Å². The molecule has 7 heteroatoms. The Labute approximate surface area is 139 Å². The number of ether oxygens (including phenoxy) is 1. The summed E-state index contributed by atoms with van der Waals surface area (Å²) >= 11 is 0. The van der Waals surface area contributed by atoms with Crippen LogP contribution in [0.2, 0.25) is 0 Å². The van der Waals surface area contributed by atoms with Crippen molar-refractivity contribution in [3.63, 3.8) is 0 Å². The Balaban J connectivity index is 2.29. The smallest absolute Gasteiger partial charge is 0.293 e. The van der Waals surface area contributed by atoms with Crippen LogP contribution in [0.25, 0.3) is 0 Å². The average Bonchev–Trinajstić information content (AvgIpc) is 2.54. The summed E-state index contributed by atoms with van der Waals surface area (Å²) < 4.78 is 5.37. The normalized spacial score (nSPS) is 10.3. The van der Waals surface area contributed by atoms with E-state index < -0.39 is 4.92 Å². The van der Waals surface area contributed by atoms with Gasteiger partial charge in [0.15, 0.2) is 5.78 Å². The number of anilines is 2. The molecular formula is C17H18N2O5. The lowest BCUT2D eigenvalue weighted by Crippen LogP contribution is -2.03. The second-order valence-electron chi connectivity index (χ2n) is 5.22. The first-order valence-corrected chi connectivity index (χ1v) is 7.33. The molecule has 0 unspecified atom stereocenters. The molecule has 0 bridgehead atoms. The molecule has 7 nitrogen and oxygen atoms in total. The van der Waals surface area contributed by atoms with Crippen LogP contribution in [0.1, 0.15) is 22.8 Å². The van der Waals surface area contributed by atoms with Gasteiger partial charge in [0.25, 0.3) is 5.69 Å². The number of rotatable bonds is 7. The Morgan fingerprint density at radius 2 is 2.04 bits per heavy atom. The minimum atomic E-state index is -0.527. The summed E-state index contributed by atoms with van der Waals surface area (Å²) in [5.41, 5.74) is 1.91. The fourth-order valence-corrected chi connectivity index (χ4v) is 2.21. The number of nitrogens with zero attached hydrogens (tertiary/aromatic N) is 1. The maximum Gasteiger partial charge on any atom is 0.293 e. The first-order valence-electron chi connectivity index (χ1n) is 7.33. The van der Waals surface area contributed by atoms with Crippen LogP contribution in [0, 0.1) is 17.0 Å². The maximum atomic E-state index is 11.4. The molecule has 2 rings (SSSR count). The summed E-state index contributed by atoms with van der Waals surface area (Å²) in [6.07, 6.45) is 0. The molecule has 0 heterocycles. The van der Waals surface area contributed by atoms with Gasteiger partial charge in [0, 0.05) is 17.3 Å². The zero-order chi connectivity index (χ0) is 17.7. The zero-order valence-corrected chi connectivity index (χ0v) is 13.4. The molecule has 0 spiro atoms. The van der Waals surface area contributed by atoms with Gasteiger partial charge in [-0.3, -0.25) is 14.9 Å². The molecule has 0 aliphatic rings. The number of nitrogens with one attached hydrogen (secondary N) is 1. The number of nitro benzene ring substituents is 1. The molecule has 0 amide bonds. The molecule has 2 aromatic carbocycles. The Hall–Kier alpha value is -2.93. The van der Waals surface area contributed by atoms with E-state index in [-0.39, 0.29) is 30.2 Å². The van der Waals surface area contributed by atoms with Crippen molar-refractivity contribution in [3.8, 4) is 5.75 Å². The summed E-state index contributed by atoms with van der Waals surface area (Å²) in [7, 11) is 0. The number of aliphatic hydroxyl groups excluding tert-OH is 1. The van der Waals surface area contributed by atoms with Gasteiger partial charge in [0.05, 0.1) is 11.5 Å². The lowest BCUT2D eigenvalue weighted by Gasteiger charge is -2.12. The SMILES string of the molecule is CC(=O)c1ccc(Nc2ccc(OCCO)c(C)c2)c([N+](=O)[O-])c1. The van der Waals surface area contributed by atoms with Crippen molar-refractivity contribution in [2.24, 2.45) is 0 Å². The average molecular weight is 330 g/mol. The molecule has 0 saturated heterocycles. The summed E-state index contributed by atoms with van der Waals surface area (Å²) in [4.78, 5) is 22.1. The van der Waals surface area contributed by atoms with Crippen LogP contribution in [-0.2, 0) is 0 Å². The highest BCUT2D eigenvalue weighted by Gasteiger charge is 2.16. The third-order valence-electron chi connectivity index (χ3n) is 3.40. The number of nitro groups is 1. The van der Waals surface area contributed by atoms with Gasteiger partial charge in [-0.2, -0.15) is 0 Å². The van der Waals surface area contributed by atoms with Crippen LogP contribution in [0.5, 0.6) is 5.75 Å². The molecule has 0 aliphatic carbocycles. The third-order valence-corrected chi connectivity index (χ3v) is 3.40. The lowest BCUT2D eigenvalue weighted by atomic mass is 10.1. The number of carbonyl (C=O) groups excluding carboxylic acids is 1. The largest absolute Gasteiger partial charge is 0.491 e. The molecule has 0 fully saturated rings. The maximum absolute atomic E-state index is 11.4. The third kappa shape index (κ3) is 4.08. The van der Waals surface area contributed by atoms with Gasteiger partial charge >= 0.3 is 0 Å². The van der Waals surface area contributed by atoms with Crippen LogP contribution in [0.15, 0.2) is 36.4 Å². The zero-order valence-electron chi connectivity index (χ0n) is 13.4. The standard InChI is InChI=1S/C17H18N2O5/c1-11-9-14(4-6-17(11)24-8-7-20)18-15-5-3-13(12(2)21)10-16(15)19(22)23/h3-6,9-10,18,20H,7-8H2,1-2H3. The highest BCUT2D eigenvalue weighted by Crippen LogP contribution is 2.30. The van der Waals surface area contributed by atoms with E-state index in [0.29, 0.717) is 17.1 Å². The second-order valence-corrected chi connectivity index (χ2v) is 5.22. The van der Waals surface area contributed by atoms with Crippen LogP contribution in [0.4, 0.5) is 17.1 Å². The Bertz CT molecular complexity index is 774. The number of hydrogen-bond acceptors (Lipinski definition) is 6. The monoisotopic (exact) mass is 330 g/mol. The van der Waals surface area contributed by atoms with E-state index in [9.17, 15) is 14.9 Å². The van der Waals surface area contributed by atoms with Crippen molar-refractivity contribution in [2.75, 3.05) is 18.5 Å². The van der Waals surface area contributed by atoms with Gasteiger partial charge in [-0.25, -0.2) is 0 Å². The van der Waals surface area contributed by atoms with Crippen LogP contribution in [0.3, 0.4) is 0 Å². The molecule has 0 aromatic heterocycles. The second kappa shape index (κ2) is 7.56. The molecule has 2 aromatic rings. The van der Waals surface area contributed by atoms with Gasteiger partial charge in [-0.15, -0.1) is 0 Å². The first-order chi connectivity index (χ1) is 11.4. The number of Topliss-reactive ketones (excluding diaryl/α,β-unsaturated/α-hetero) is 1. The fourth-order valence-electron chi connectivity index (χ4n) is 2.21. The van der Waals surface area contributed by atoms with Crippen LogP contribution >= 0.6 is 0 Å². The first kappa shape index (κ1) is 17.4. The number of hydrogen-bond donors (Lipinski definition) is 2. The predicted octanol–water partition coefficient (Wildman–Crippen LogP) is 3.22. The molecule has 0 radical (unpaired) electrons. The number of carbonyl (C=O) groups is 1. The summed E-state index contributed by atoms with van der Waals surface area (Å²) in [6.45, 7) is 3.32. The summed E-state index contributed by atoms with van der Waals surface area (Å²) in [6, 6.07) is 9.56. The van der Waals surface area contributed by atoms with Crippen molar-refractivity contribution in [1.82, 2.24) is 0 Å². The number of ketones is 1. The van der Waals surface area contributed by atoms with Crippen molar-refractivity contribution < 1.29 is 19.6 Å². The Morgan fingerprint density at radius 1 is 1.29 bits per heavy atom. The van der Waals surface area contributed by atoms with Crippen LogP contribution in [-0.4, -0.2) is 29.0 Å². The molecule has 0 saturated carbocycles. The Morgan fingerprint density at radius 3 is 2.62 bits per heavy atom. The van der Waals surface area contributed by atoms with Crippen molar-refractivity contribution >= 4 is 22.8 Å². The van der Waals surface area contributed by atoms with Crippen LogP contribution < -0.4 is 10.1 Å². The molecule has 126 valence electrons. The minimum absolute atomic E-state index is 0.0753. The Kier molecular flexibility index (Phi) is 5.49. The number of aliphatic hydroxyl groups is 1. The van der Waals surface area contributed by atoms with Gasteiger partial charge in [0.2, 0.25) is 0 Å². The quantitative estimate of drug-likeness (QED) is 0.459. The molecule has 2 N–H and O–H groups in total. The molecule has 0 aliphatic heterocycles. The number of benzene rings is 2. The van der Waals surface area contributed by atoms with Crippen molar-refractivity contribution in [1.29, 1.82) is 0 Å². The van der Waals surface area contributed by atoms with Gasteiger partial charge < -0.3 is 15.2 Å². The highest BCUT2D eigenvalue weighted by molar-refractivity contribution is 5.95. The van der Waals surface area contributed by atoms with Gasteiger partial charge in [-0.1, -0.05) is 0 Å².